The van der Waals surface area contributed by atoms with Gasteiger partial charge in [0.25, 0.3) is 0 Å². The van der Waals surface area contributed by atoms with E-state index in [1.54, 1.807) is 49.8 Å². The standard InChI is InChI=1S/C21H16F2N4O/c1-24-21-15-7-6-14(12-5-8-17(28-2)16(22)10-12)18(23)19(15)26-20(27-21)13-4-3-9-25-11-13/h3-11H,1-2H3,(H,24,26,27). The minimum absolute atomic E-state index is 0.101. The fraction of sp³-hybridized carbons (Fsp3) is 0.0952. The Bertz CT molecular complexity index is 1170. The van der Waals surface area contributed by atoms with Crippen molar-refractivity contribution in [1.29, 1.82) is 0 Å². The minimum atomic E-state index is -0.561. The maximum absolute atomic E-state index is 15.4. The van der Waals surface area contributed by atoms with Crippen LogP contribution >= 0.6 is 0 Å². The van der Waals surface area contributed by atoms with Gasteiger partial charge in [-0.1, -0.05) is 12.1 Å². The summed E-state index contributed by atoms with van der Waals surface area (Å²) in [6, 6.07) is 11.2. The summed E-state index contributed by atoms with van der Waals surface area (Å²) in [6.45, 7) is 0. The van der Waals surface area contributed by atoms with Crippen LogP contribution in [0, 0.1) is 11.6 Å². The predicted molar refractivity (Wildman–Crippen MR) is 104 cm³/mol. The molecule has 5 nitrogen and oxygen atoms in total. The molecule has 0 radical (unpaired) electrons. The first-order valence-corrected chi connectivity index (χ1v) is 8.54. The molecule has 0 spiro atoms. The summed E-state index contributed by atoms with van der Waals surface area (Å²) in [7, 11) is 3.09. The monoisotopic (exact) mass is 378 g/mol. The molecule has 0 unspecified atom stereocenters. The minimum Gasteiger partial charge on any atom is -0.494 e. The number of ether oxygens (including phenoxy) is 1. The quantitative estimate of drug-likeness (QED) is 0.558. The van der Waals surface area contributed by atoms with Gasteiger partial charge >= 0.3 is 0 Å². The lowest BCUT2D eigenvalue weighted by atomic mass is 10.0. The number of nitrogens with zero attached hydrogens (tertiary/aromatic N) is 3. The third kappa shape index (κ3) is 3.00. The average Bonchev–Trinajstić information content (AvgIpc) is 2.74. The van der Waals surface area contributed by atoms with Crippen LogP contribution in [0.25, 0.3) is 33.4 Å². The second-order valence-electron chi connectivity index (χ2n) is 6.06. The van der Waals surface area contributed by atoms with Crippen molar-refractivity contribution in [3.05, 3.63) is 66.5 Å². The zero-order valence-corrected chi connectivity index (χ0v) is 15.2. The second-order valence-corrected chi connectivity index (χ2v) is 6.06. The Kier molecular flexibility index (Phi) is 4.57. The fourth-order valence-electron chi connectivity index (χ4n) is 3.03. The van der Waals surface area contributed by atoms with E-state index in [2.05, 4.69) is 20.3 Å². The third-order valence-corrected chi connectivity index (χ3v) is 4.43. The van der Waals surface area contributed by atoms with E-state index in [9.17, 15) is 4.39 Å². The van der Waals surface area contributed by atoms with Crippen LogP contribution in [0.15, 0.2) is 54.9 Å². The Morgan fingerprint density at radius 3 is 2.54 bits per heavy atom. The summed E-state index contributed by atoms with van der Waals surface area (Å²) < 4.78 is 34.4. The number of nitrogens with one attached hydrogen (secondary N) is 1. The zero-order chi connectivity index (χ0) is 19.7. The first-order chi connectivity index (χ1) is 13.6. The van der Waals surface area contributed by atoms with Crippen LogP contribution in [0.4, 0.5) is 14.6 Å². The number of rotatable bonds is 4. The van der Waals surface area contributed by atoms with Crippen molar-refractivity contribution in [3.63, 3.8) is 0 Å². The van der Waals surface area contributed by atoms with Gasteiger partial charge in [-0.25, -0.2) is 18.7 Å². The van der Waals surface area contributed by atoms with Gasteiger partial charge in [-0.3, -0.25) is 4.98 Å². The average molecular weight is 378 g/mol. The lowest BCUT2D eigenvalue weighted by Gasteiger charge is -2.12. The molecule has 28 heavy (non-hydrogen) atoms. The number of aromatic nitrogens is 3. The van der Waals surface area contributed by atoms with E-state index in [4.69, 9.17) is 4.74 Å². The van der Waals surface area contributed by atoms with Gasteiger partial charge in [0.05, 0.1) is 7.11 Å². The van der Waals surface area contributed by atoms with Crippen molar-refractivity contribution in [1.82, 2.24) is 15.0 Å². The molecular weight excluding hydrogens is 362 g/mol. The molecule has 2 heterocycles. The van der Waals surface area contributed by atoms with Crippen LogP contribution in [0.5, 0.6) is 5.75 Å². The van der Waals surface area contributed by atoms with Crippen molar-refractivity contribution in [2.24, 2.45) is 0 Å². The number of benzene rings is 2. The van der Waals surface area contributed by atoms with E-state index in [1.807, 2.05) is 0 Å². The normalized spacial score (nSPS) is 10.9. The number of fused-ring (bicyclic) bond motifs is 1. The number of halogens is 2. The molecule has 0 aliphatic carbocycles. The smallest absolute Gasteiger partial charge is 0.165 e. The van der Waals surface area contributed by atoms with Gasteiger partial charge in [0, 0.05) is 36.0 Å². The van der Waals surface area contributed by atoms with E-state index in [0.29, 0.717) is 28.2 Å². The molecule has 0 saturated carbocycles. The summed E-state index contributed by atoms with van der Waals surface area (Å²) in [5, 5.41) is 3.51. The molecule has 0 bridgehead atoms. The first kappa shape index (κ1) is 17.8. The Morgan fingerprint density at radius 1 is 1.00 bits per heavy atom. The molecule has 4 aromatic rings. The molecule has 0 aliphatic rings. The Hall–Kier alpha value is -3.61. The van der Waals surface area contributed by atoms with Gasteiger partial charge in [0.1, 0.15) is 11.3 Å². The van der Waals surface area contributed by atoms with Gasteiger partial charge in [-0.15, -0.1) is 0 Å². The third-order valence-electron chi connectivity index (χ3n) is 4.43. The number of hydrogen-bond acceptors (Lipinski definition) is 5. The van der Waals surface area contributed by atoms with Crippen LogP contribution in [-0.4, -0.2) is 29.1 Å². The van der Waals surface area contributed by atoms with E-state index >= 15 is 4.39 Å². The van der Waals surface area contributed by atoms with Gasteiger partial charge < -0.3 is 10.1 Å². The molecule has 7 heteroatoms. The molecule has 2 aromatic carbocycles. The summed E-state index contributed by atoms with van der Waals surface area (Å²) in [5.74, 6) is -0.166. The number of anilines is 1. The zero-order valence-electron chi connectivity index (χ0n) is 15.2. The molecule has 2 aromatic heterocycles. The molecule has 0 amide bonds. The first-order valence-electron chi connectivity index (χ1n) is 8.54. The number of methoxy groups -OCH3 is 1. The maximum Gasteiger partial charge on any atom is 0.165 e. The second kappa shape index (κ2) is 7.19. The fourth-order valence-corrected chi connectivity index (χ4v) is 3.03. The van der Waals surface area contributed by atoms with E-state index in [1.165, 1.54) is 19.2 Å². The SMILES string of the molecule is CNc1nc(-c2cccnc2)nc2c(F)c(-c3ccc(OC)c(F)c3)ccc12. The molecule has 0 aliphatic heterocycles. The maximum atomic E-state index is 15.4. The highest BCUT2D eigenvalue weighted by atomic mass is 19.1. The summed E-state index contributed by atoms with van der Waals surface area (Å²) in [5.41, 5.74) is 1.45. The molecule has 140 valence electrons. The highest BCUT2D eigenvalue weighted by Gasteiger charge is 2.17. The molecule has 0 atom stereocenters. The Morgan fingerprint density at radius 2 is 1.86 bits per heavy atom. The van der Waals surface area contributed by atoms with Crippen LogP contribution < -0.4 is 10.1 Å². The summed E-state index contributed by atoms with van der Waals surface area (Å²) in [4.78, 5) is 12.9. The molecule has 0 fully saturated rings. The highest BCUT2D eigenvalue weighted by molar-refractivity contribution is 5.94. The van der Waals surface area contributed by atoms with Gasteiger partial charge in [0.2, 0.25) is 0 Å². The molecular formula is C21H16F2N4O. The van der Waals surface area contributed by atoms with E-state index in [0.717, 1.165) is 0 Å². The molecule has 4 rings (SSSR count). The number of hydrogen-bond donors (Lipinski definition) is 1. The molecule has 1 N–H and O–H groups in total. The van der Waals surface area contributed by atoms with Gasteiger partial charge in [-0.05, 0) is 35.9 Å². The summed E-state index contributed by atoms with van der Waals surface area (Å²) >= 11 is 0. The molecule has 0 saturated heterocycles. The Labute approximate surface area is 160 Å². The largest absolute Gasteiger partial charge is 0.494 e. The summed E-state index contributed by atoms with van der Waals surface area (Å²) in [6.07, 6.45) is 3.25. The van der Waals surface area contributed by atoms with Crippen molar-refractivity contribution >= 4 is 16.7 Å². The van der Waals surface area contributed by atoms with E-state index < -0.39 is 11.6 Å². The number of pyridine rings is 1. The van der Waals surface area contributed by atoms with Crippen molar-refractivity contribution in [2.45, 2.75) is 0 Å². The van der Waals surface area contributed by atoms with E-state index in [-0.39, 0.29) is 16.8 Å². The van der Waals surface area contributed by atoms with Crippen molar-refractivity contribution in [2.75, 3.05) is 19.5 Å². The van der Waals surface area contributed by atoms with Crippen LogP contribution in [-0.2, 0) is 0 Å². The van der Waals surface area contributed by atoms with Crippen molar-refractivity contribution in [3.8, 4) is 28.3 Å². The highest BCUT2D eigenvalue weighted by Crippen LogP contribution is 2.33. The van der Waals surface area contributed by atoms with Crippen LogP contribution in [0.3, 0.4) is 0 Å². The topological polar surface area (TPSA) is 59.9 Å². The lowest BCUT2D eigenvalue weighted by molar-refractivity contribution is 0.386. The lowest BCUT2D eigenvalue weighted by Crippen LogP contribution is -2.01. The van der Waals surface area contributed by atoms with Crippen LogP contribution in [0.1, 0.15) is 0 Å². The predicted octanol–water partition coefficient (Wildman–Crippen LogP) is 4.69. The Balaban J connectivity index is 1.94. The van der Waals surface area contributed by atoms with Gasteiger partial charge in [-0.2, -0.15) is 0 Å². The van der Waals surface area contributed by atoms with Crippen molar-refractivity contribution < 1.29 is 13.5 Å². The van der Waals surface area contributed by atoms with Gasteiger partial charge in [0.15, 0.2) is 23.2 Å². The van der Waals surface area contributed by atoms with Crippen LogP contribution in [0.2, 0.25) is 0 Å².